The molecule has 3 aromatic rings. The summed E-state index contributed by atoms with van der Waals surface area (Å²) in [6.45, 7) is 3.92. The van der Waals surface area contributed by atoms with Crippen molar-refractivity contribution in [1.29, 1.82) is 0 Å². The molecule has 0 fully saturated rings. The molecule has 0 amide bonds. The zero-order valence-electron chi connectivity index (χ0n) is 14.7. The third kappa shape index (κ3) is 3.43. The number of hydrogen-bond donors (Lipinski definition) is 0. The molecule has 0 aliphatic heterocycles. The van der Waals surface area contributed by atoms with E-state index in [1.54, 1.807) is 19.2 Å². The predicted octanol–water partition coefficient (Wildman–Crippen LogP) is 4.36. The van der Waals surface area contributed by atoms with E-state index in [1.165, 1.54) is 0 Å². The molecule has 25 heavy (non-hydrogen) atoms. The Hall–Kier alpha value is -3.01. The first-order valence-electron chi connectivity index (χ1n) is 8.15. The maximum absolute atomic E-state index is 12.7. The first kappa shape index (κ1) is 16.8. The smallest absolute Gasteiger partial charge is 0.202 e. The Kier molecular flexibility index (Phi) is 4.89. The Morgan fingerprint density at radius 1 is 0.960 bits per heavy atom. The first-order chi connectivity index (χ1) is 12.1. The van der Waals surface area contributed by atoms with Gasteiger partial charge in [0.25, 0.3) is 0 Å². The number of Topliss-reactive ketones (excluding diaryl/α,β-unsaturated/α-hetero) is 1. The van der Waals surface area contributed by atoms with E-state index >= 15 is 0 Å². The Balaban J connectivity index is 1.82. The topological polar surface area (TPSA) is 40.5 Å². The molecule has 0 radical (unpaired) electrons. The van der Waals surface area contributed by atoms with E-state index in [4.69, 9.17) is 9.47 Å². The Labute approximate surface area is 147 Å². The number of hydrogen-bond acceptors (Lipinski definition) is 3. The summed E-state index contributed by atoms with van der Waals surface area (Å²) in [5.74, 6) is 1.13. The highest BCUT2D eigenvalue weighted by molar-refractivity contribution is 5.98. The number of para-hydroxylation sites is 3. The molecule has 0 aliphatic carbocycles. The SMILES string of the molecule is COc1ccccc1OCC(=O)c1cc(C)n(-c2ccccc2)c1C. The molecule has 0 saturated heterocycles. The van der Waals surface area contributed by atoms with Gasteiger partial charge in [0.1, 0.15) is 0 Å². The fraction of sp³-hybridized carbons (Fsp3) is 0.190. The predicted molar refractivity (Wildman–Crippen MR) is 98.1 cm³/mol. The van der Waals surface area contributed by atoms with E-state index in [0.717, 1.165) is 17.1 Å². The third-order valence-electron chi connectivity index (χ3n) is 4.17. The molecular weight excluding hydrogens is 314 g/mol. The highest BCUT2D eigenvalue weighted by Gasteiger charge is 2.17. The summed E-state index contributed by atoms with van der Waals surface area (Å²) in [6.07, 6.45) is 0. The summed E-state index contributed by atoms with van der Waals surface area (Å²) in [5, 5.41) is 0. The summed E-state index contributed by atoms with van der Waals surface area (Å²) in [4.78, 5) is 12.7. The first-order valence-corrected chi connectivity index (χ1v) is 8.15. The van der Waals surface area contributed by atoms with Gasteiger partial charge in [-0.25, -0.2) is 0 Å². The molecule has 0 unspecified atom stereocenters. The Morgan fingerprint density at radius 2 is 1.60 bits per heavy atom. The number of aryl methyl sites for hydroxylation is 1. The third-order valence-corrected chi connectivity index (χ3v) is 4.17. The minimum Gasteiger partial charge on any atom is -0.493 e. The minimum absolute atomic E-state index is 0.0283. The standard InChI is InChI=1S/C21H21NO3/c1-15-13-18(16(2)22(15)17-9-5-4-6-10-17)19(23)14-25-21-12-8-7-11-20(21)24-3/h4-13H,14H2,1-3H3. The van der Waals surface area contributed by atoms with Crippen LogP contribution in [0.25, 0.3) is 5.69 Å². The van der Waals surface area contributed by atoms with Crippen molar-refractivity contribution in [3.8, 4) is 17.2 Å². The van der Waals surface area contributed by atoms with Gasteiger partial charge in [0, 0.05) is 22.6 Å². The van der Waals surface area contributed by atoms with E-state index in [2.05, 4.69) is 4.57 Å². The second-order valence-electron chi connectivity index (χ2n) is 5.82. The second-order valence-corrected chi connectivity index (χ2v) is 5.82. The van der Waals surface area contributed by atoms with Crippen LogP contribution in [0.2, 0.25) is 0 Å². The largest absolute Gasteiger partial charge is 0.493 e. The van der Waals surface area contributed by atoms with E-state index in [0.29, 0.717) is 17.1 Å². The van der Waals surface area contributed by atoms with Crippen LogP contribution in [0, 0.1) is 13.8 Å². The molecule has 0 atom stereocenters. The zero-order chi connectivity index (χ0) is 17.8. The van der Waals surface area contributed by atoms with Gasteiger partial charge in [-0.3, -0.25) is 4.79 Å². The number of nitrogens with zero attached hydrogens (tertiary/aromatic N) is 1. The fourth-order valence-corrected chi connectivity index (χ4v) is 2.98. The lowest BCUT2D eigenvalue weighted by atomic mass is 10.1. The molecule has 2 aromatic carbocycles. The Bertz CT molecular complexity index is 881. The van der Waals surface area contributed by atoms with Crippen molar-refractivity contribution in [2.24, 2.45) is 0 Å². The highest BCUT2D eigenvalue weighted by atomic mass is 16.5. The van der Waals surface area contributed by atoms with Crippen molar-refractivity contribution < 1.29 is 14.3 Å². The number of carbonyl (C=O) groups excluding carboxylic acids is 1. The summed E-state index contributed by atoms with van der Waals surface area (Å²) >= 11 is 0. The minimum atomic E-state index is -0.0545. The number of aromatic nitrogens is 1. The summed E-state index contributed by atoms with van der Waals surface area (Å²) in [6, 6.07) is 19.2. The molecule has 0 saturated carbocycles. The summed E-state index contributed by atoms with van der Waals surface area (Å²) in [5.41, 5.74) is 3.65. The molecular formula is C21H21NO3. The number of ether oxygens (including phenoxy) is 2. The fourth-order valence-electron chi connectivity index (χ4n) is 2.98. The quantitative estimate of drug-likeness (QED) is 0.628. The van der Waals surface area contributed by atoms with Crippen LogP contribution in [0.5, 0.6) is 11.5 Å². The molecule has 3 rings (SSSR count). The lowest BCUT2D eigenvalue weighted by Gasteiger charge is -2.11. The Morgan fingerprint density at radius 3 is 2.28 bits per heavy atom. The number of benzene rings is 2. The van der Waals surface area contributed by atoms with E-state index < -0.39 is 0 Å². The van der Waals surface area contributed by atoms with Gasteiger partial charge in [-0.05, 0) is 44.2 Å². The van der Waals surface area contributed by atoms with E-state index in [9.17, 15) is 4.79 Å². The van der Waals surface area contributed by atoms with Gasteiger partial charge in [-0.2, -0.15) is 0 Å². The molecule has 4 heteroatoms. The molecule has 0 N–H and O–H groups in total. The molecule has 4 nitrogen and oxygen atoms in total. The van der Waals surface area contributed by atoms with Crippen LogP contribution in [0.3, 0.4) is 0 Å². The van der Waals surface area contributed by atoms with Crippen LogP contribution in [-0.4, -0.2) is 24.1 Å². The van der Waals surface area contributed by atoms with Crippen LogP contribution in [0.15, 0.2) is 60.7 Å². The lowest BCUT2D eigenvalue weighted by molar-refractivity contribution is 0.0919. The summed E-state index contributed by atoms with van der Waals surface area (Å²) in [7, 11) is 1.58. The van der Waals surface area contributed by atoms with Gasteiger partial charge in [0.2, 0.25) is 5.78 Å². The van der Waals surface area contributed by atoms with E-state index in [1.807, 2.05) is 62.4 Å². The van der Waals surface area contributed by atoms with Crippen LogP contribution in [0.4, 0.5) is 0 Å². The molecule has 0 aliphatic rings. The summed E-state index contributed by atoms with van der Waals surface area (Å²) < 4.78 is 13.0. The number of rotatable bonds is 6. The monoisotopic (exact) mass is 335 g/mol. The molecule has 0 spiro atoms. The molecule has 1 aromatic heterocycles. The van der Waals surface area contributed by atoms with Crippen LogP contribution >= 0.6 is 0 Å². The lowest BCUT2D eigenvalue weighted by Crippen LogP contribution is -2.13. The van der Waals surface area contributed by atoms with Gasteiger partial charge in [0.15, 0.2) is 18.1 Å². The number of methoxy groups -OCH3 is 1. The maximum atomic E-state index is 12.7. The number of carbonyl (C=O) groups is 1. The van der Waals surface area contributed by atoms with Crippen LogP contribution in [0.1, 0.15) is 21.7 Å². The van der Waals surface area contributed by atoms with Crippen LogP contribution < -0.4 is 9.47 Å². The van der Waals surface area contributed by atoms with E-state index in [-0.39, 0.29) is 12.4 Å². The van der Waals surface area contributed by atoms with Gasteiger partial charge in [0.05, 0.1) is 7.11 Å². The van der Waals surface area contributed by atoms with Crippen molar-refractivity contribution in [1.82, 2.24) is 4.57 Å². The van der Waals surface area contributed by atoms with Crippen LogP contribution in [-0.2, 0) is 0 Å². The van der Waals surface area contributed by atoms with Crippen molar-refractivity contribution >= 4 is 5.78 Å². The van der Waals surface area contributed by atoms with Crippen molar-refractivity contribution in [2.45, 2.75) is 13.8 Å². The van der Waals surface area contributed by atoms with Gasteiger partial charge in [-0.15, -0.1) is 0 Å². The van der Waals surface area contributed by atoms with Gasteiger partial charge in [-0.1, -0.05) is 30.3 Å². The second kappa shape index (κ2) is 7.26. The normalized spacial score (nSPS) is 10.5. The molecule has 128 valence electrons. The molecule has 1 heterocycles. The van der Waals surface area contributed by atoms with Gasteiger partial charge < -0.3 is 14.0 Å². The average molecular weight is 335 g/mol. The van der Waals surface area contributed by atoms with Gasteiger partial charge >= 0.3 is 0 Å². The maximum Gasteiger partial charge on any atom is 0.202 e. The molecule has 0 bridgehead atoms. The average Bonchev–Trinajstić information content (AvgIpc) is 2.95. The van der Waals surface area contributed by atoms with Crippen molar-refractivity contribution in [3.05, 3.63) is 77.6 Å². The zero-order valence-corrected chi connectivity index (χ0v) is 14.7. The number of ketones is 1. The van der Waals surface area contributed by atoms with Crippen molar-refractivity contribution in [2.75, 3.05) is 13.7 Å². The highest BCUT2D eigenvalue weighted by Crippen LogP contribution is 2.26. The van der Waals surface area contributed by atoms with Crippen molar-refractivity contribution in [3.63, 3.8) is 0 Å².